The predicted molar refractivity (Wildman–Crippen MR) is 54.9 cm³/mol. The summed E-state index contributed by atoms with van der Waals surface area (Å²) in [6.45, 7) is 0. The number of aldehydes is 1. The van der Waals surface area contributed by atoms with Crippen molar-refractivity contribution in [1.29, 1.82) is 0 Å². The van der Waals surface area contributed by atoms with Gasteiger partial charge < -0.3 is 0 Å². The van der Waals surface area contributed by atoms with Crippen LogP contribution in [0.25, 0.3) is 11.1 Å². The molecule has 0 aliphatic carbocycles. The average Bonchev–Trinajstić information content (AvgIpc) is 2.44. The van der Waals surface area contributed by atoms with E-state index in [0.29, 0.717) is 0 Å². The molecule has 19 heavy (non-hydrogen) atoms. The monoisotopic (exact) mass is 273 g/mol. The molecule has 0 amide bonds. The molecule has 0 saturated carbocycles. The molecule has 0 spiro atoms. The average molecular weight is 273 g/mol. The lowest BCUT2D eigenvalue weighted by Crippen LogP contribution is -2.05. The lowest BCUT2D eigenvalue weighted by atomic mass is 10.0. The fourth-order valence-corrected chi connectivity index (χ4v) is 1.56. The molecule has 1 aromatic carbocycles. The lowest BCUT2D eigenvalue weighted by Gasteiger charge is -2.09. The lowest BCUT2D eigenvalue weighted by molar-refractivity contribution is 0.111. The molecule has 0 bridgehead atoms. The van der Waals surface area contributed by atoms with Crippen molar-refractivity contribution >= 4 is 6.29 Å². The van der Waals surface area contributed by atoms with E-state index in [1.54, 1.807) is 0 Å². The quantitative estimate of drug-likeness (QED) is 0.364. The third-order valence-corrected chi connectivity index (χ3v) is 2.43. The van der Waals surface area contributed by atoms with E-state index in [1.807, 2.05) is 0 Å². The summed E-state index contributed by atoms with van der Waals surface area (Å²) in [7, 11) is 0. The zero-order chi connectivity index (χ0) is 14.2. The number of benzene rings is 1. The van der Waals surface area contributed by atoms with Gasteiger partial charge in [-0.3, -0.25) is 9.78 Å². The molecule has 2 aromatic rings. The van der Waals surface area contributed by atoms with Gasteiger partial charge in [0.1, 0.15) is 5.69 Å². The molecule has 2 rings (SSSR count). The second-order valence-electron chi connectivity index (χ2n) is 3.50. The molecule has 98 valence electrons. The van der Waals surface area contributed by atoms with Gasteiger partial charge in [0.15, 0.2) is 29.6 Å². The Morgan fingerprint density at radius 3 is 1.95 bits per heavy atom. The summed E-state index contributed by atoms with van der Waals surface area (Å²) in [6, 6.07) is 2.25. The first kappa shape index (κ1) is 13.1. The Hall–Kier alpha value is -2.31. The molecule has 1 aromatic heterocycles. The first-order chi connectivity index (χ1) is 8.99. The molecule has 0 aliphatic rings. The molecule has 1 heterocycles. The van der Waals surface area contributed by atoms with Crippen LogP contribution in [0.2, 0.25) is 0 Å². The van der Waals surface area contributed by atoms with Gasteiger partial charge in [-0.1, -0.05) is 6.07 Å². The maximum atomic E-state index is 13.5. The molecule has 0 saturated heterocycles. The van der Waals surface area contributed by atoms with Gasteiger partial charge in [-0.05, 0) is 6.07 Å². The molecule has 0 N–H and O–H groups in total. The number of hydrogen-bond acceptors (Lipinski definition) is 2. The van der Waals surface area contributed by atoms with Crippen LogP contribution in [0.3, 0.4) is 0 Å². The van der Waals surface area contributed by atoms with Crippen molar-refractivity contribution in [2.45, 2.75) is 0 Å². The highest BCUT2D eigenvalue weighted by molar-refractivity contribution is 5.85. The third kappa shape index (κ3) is 1.96. The standard InChI is InChI=1S/C12H4F5NO/c13-8-7(5-2-1-3-18-6(5)4-19)9(14)11(16)12(17)10(8)15/h1-4H. The van der Waals surface area contributed by atoms with Gasteiger partial charge in [0.25, 0.3) is 0 Å². The molecule has 2 nitrogen and oxygen atoms in total. The number of halogens is 5. The topological polar surface area (TPSA) is 30.0 Å². The minimum absolute atomic E-state index is 0.160. The SMILES string of the molecule is O=Cc1ncccc1-c1c(F)c(F)c(F)c(F)c1F. The second kappa shape index (κ2) is 4.75. The Labute approximate surface area is 103 Å². The Morgan fingerprint density at radius 2 is 1.42 bits per heavy atom. The van der Waals surface area contributed by atoms with E-state index < -0.39 is 45.9 Å². The number of hydrogen-bond donors (Lipinski definition) is 0. The predicted octanol–water partition coefficient (Wildman–Crippen LogP) is 3.26. The third-order valence-electron chi connectivity index (χ3n) is 2.43. The first-order valence-corrected chi connectivity index (χ1v) is 4.91. The summed E-state index contributed by atoms with van der Waals surface area (Å²) >= 11 is 0. The molecular weight excluding hydrogens is 269 g/mol. The van der Waals surface area contributed by atoms with Gasteiger partial charge >= 0.3 is 0 Å². The van der Waals surface area contributed by atoms with E-state index in [1.165, 1.54) is 6.07 Å². The number of aromatic nitrogens is 1. The second-order valence-corrected chi connectivity index (χ2v) is 3.50. The molecular formula is C12H4F5NO. The van der Waals surface area contributed by atoms with Gasteiger partial charge in [0.2, 0.25) is 5.82 Å². The number of carbonyl (C=O) groups is 1. The van der Waals surface area contributed by atoms with Crippen LogP contribution in [-0.4, -0.2) is 11.3 Å². The van der Waals surface area contributed by atoms with E-state index >= 15 is 0 Å². The van der Waals surface area contributed by atoms with Crippen LogP contribution in [-0.2, 0) is 0 Å². The minimum Gasteiger partial charge on any atom is -0.296 e. The summed E-state index contributed by atoms with van der Waals surface area (Å²) in [4.78, 5) is 14.2. The largest absolute Gasteiger partial charge is 0.296 e. The Balaban J connectivity index is 2.87. The van der Waals surface area contributed by atoms with Crippen molar-refractivity contribution in [2.24, 2.45) is 0 Å². The molecule has 0 atom stereocenters. The van der Waals surface area contributed by atoms with Gasteiger partial charge in [-0.15, -0.1) is 0 Å². The summed E-state index contributed by atoms with van der Waals surface area (Å²) in [6.07, 6.45) is 1.31. The van der Waals surface area contributed by atoms with Crippen molar-refractivity contribution < 1.29 is 26.7 Å². The molecule has 7 heteroatoms. The number of nitrogens with zero attached hydrogens (tertiary/aromatic N) is 1. The number of rotatable bonds is 2. The van der Waals surface area contributed by atoms with Crippen LogP contribution >= 0.6 is 0 Å². The van der Waals surface area contributed by atoms with Gasteiger partial charge in [0.05, 0.1) is 5.56 Å². The maximum Gasteiger partial charge on any atom is 0.200 e. The summed E-state index contributed by atoms with van der Waals surface area (Å²) < 4.78 is 66.1. The van der Waals surface area contributed by atoms with Crippen LogP contribution in [0.4, 0.5) is 22.0 Å². The van der Waals surface area contributed by atoms with E-state index in [9.17, 15) is 26.7 Å². The van der Waals surface area contributed by atoms with Crippen LogP contribution < -0.4 is 0 Å². The van der Waals surface area contributed by atoms with Gasteiger partial charge in [0, 0.05) is 11.8 Å². The van der Waals surface area contributed by atoms with Crippen LogP contribution in [0, 0.1) is 29.1 Å². The maximum absolute atomic E-state index is 13.5. The smallest absolute Gasteiger partial charge is 0.200 e. The van der Waals surface area contributed by atoms with Crippen LogP contribution in [0.5, 0.6) is 0 Å². The highest BCUT2D eigenvalue weighted by Gasteiger charge is 2.27. The Kier molecular flexibility index (Phi) is 3.28. The number of pyridine rings is 1. The fraction of sp³-hybridized carbons (Fsp3) is 0. The van der Waals surface area contributed by atoms with E-state index in [-0.39, 0.29) is 6.29 Å². The minimum atomic E-state index is -2.25. The van der Waals surface area contributed by atoms with Crippen molar-refractivity contribution in [1.82, 2.24) is 4.98 Å². The van der Waals surface area contributed by atoms with Crippen LogP contribution in [0.1, 0.15) is 10.5 Å². The fourth-order valence-electron chi connectivity index (χ4n) is 1.56. The first-order valence-electron chi connectivity index (χ1n) is 4.91. The highest BCUT2D eigenvalue weighted by atomic mass is 19.2. The Bertz CT molecular complexity index is 642. The normalized spacial score (nSPS) is 10.6. The van der Waals surface area contributed by atoms with E-state index in [2.05, 4.69) is 4.98 Å². The van der Waals surface area contributed by atoms with Crippen LogP contribution in [0.15, 0.2) is 18.3 Å². The highest BCUT2D eigenvalue weighted by Crippen LogP contribution is 2.32. The summed E-state index contributed by atoms with van der Waals surface area (Å²) in [5.41, 5.74) is -2.07. The molecule has 0 unspecified atom stereocenters. The van der Waals surface area contributed by atoms with Crippen molar-refractivity contribution in [3.63, 3.8) is 0 Å². The zero-order valence-electron chi connectivity index (χ0n) is 9.05. The van der Waals surface area contributed by atoms with Crippen molar-refractivity contribution in [3.05, 3.63) is 53.1 Å². The van der Waals surface area contributed by atoms with Gasteiger partial charge in [-0.2, -0.15) is 0 Å². The van der Waals surface area contributed by atoms with Crippen molar-refractivity contribution in [2.75, 3.05) is 0 Å². The van der Waals surface area contributed by atoms with Gasteiger partial charge in [-0.25, -0.2) is 22.0 Å². The number of carbonyl (C=O) groups excluding carboxylic acids is 1. The molecule has 0 radical (unpaired) electrons. The summed E-state index contributed by atoms with van der Waals surface area (Å²) in [5.74, 6) is -10.4. The zero-order valence-corrected chi connectivity index (χ0v) is 9.05. The van der Waals surface area contributed by atoms with E-state index in [4.69, 9.17) is 0 Å². The summed E-state index contributed by atoms with van der Waals surface area (Å²) in [5, 5.41) is 0. The van der Waals surface area contributed by atoms with E-state index in [0.717, 1.165) is 12.3 Å². The van der Waals surface area contributed by atoms with Crippen molar-refractivity contribution in [3.8, 4) is 11.1 Å². The molecule has 0 fully saturated rings. The molecule has 0 aliphatic heterocycles. The Morgan fingerprint density at radius 1 is 0.895 bits per heavy atom.